The number of carbonyl (C=O) groups is 1. The van der Waals surface area contributed by atoms with E-state index in [1.54, 1.807) is 13.8 Å². The molecule has 0 spiro atoms. The second-order valence-corrected chi connectivity index (χ2v) is 3.73. The van der Waals surface area contributed by atoms with Crippen molar-refractivity contribution >= 4 is 5.91 Å². The highest BCUT2D eigenvalue weighted by molar-refractivity contribution is 5.95. The molecule has 0 aliphatic heterocycles. The van der Waals surface area contributed by atoms with E-state index in [9.17, 15) is 18.0 Å². The first-order chi connectivity index (χ1) is 7.21. The van der Waals surface area contributed by atoms with E-state index in [-0.39, 0.29) is 11.8 Å². The average molecular weight is 235 g/mol. The Morgan fingerprint density at radius 3 is 2.44 bits per heavy atom. The van der Waals surface area contributed by atoms with Crippen molar-refractivity contribution < 1.29 is 22.4 Å². The van der Waals surface area contributed by atoms with Gasteiger partial charge in [0, 0.05) is 6.04 Å². The van der Waals surface area contributed by atoms with Crippen LogP contribution in [0.15, 0.2) is 10.5 Å². The molecule has 0 saturated carbocycles. The Bertz CT molecular complexity index is 393. The number of hydrogen-bond donors (Lipinski definition) is 1. The normalized spacial score (nSPS) is 11.9. The van der Waals surface area contributed by atoms with Gasteiger partial charge in [-0.05, 0) is 26.8 Å². The molecule has 1 rings (SSSR count). The SMILES string of the molecule is Cc1cc(C(=O)NC(C)C)c(C(F)(F)F)o1. The lowest BCUT2D eigenvalue weighted by Gasteiger charge is -2.09. The highest BCUT2D eigenvalue weighted by Gasteiger charge is 2.40. The maximum absolute atomic E-state index is 12.5. The number of halogens is 3. The maximum Gasteiger partial charge on any atom is 0.450 e. The molecule has 0 aliphatic carbocycles. The highest BCUT2D eigenvalue weighted by Crippen LogP contribution is 2.33. The average Bonchev–Trinajstić information content (AvgIpc) is 2.45. The smallest absolute Gasteiger partial charge is 0.450 e. The summed E-state index contributed by atoms with van der Waals surface area (Å²) >= 11 is 0. The first kappa shape index (κ1) is 12.6. The number of furan rings is 1. The van der Waals surface area contributed by atoms with Gasteiger partial charge in [0.15, 0.2) is 0 Å². The summed E-state index contributed by atoms with van der Waals surface area (Å²) in [6.45, 7) is 4.69. The minimum atomic E-state index is -4.65. The molecule has 1 amide bonds. The fourth-order valence-electron chi connectivity index (χ4n) is 1.23. The summed E-state index contributed by atoms with van der Waals surface area (Å²) < 4.78 is 42.0. The van der Waals surface area contributed by atoms with E-state index in [0.717, 1.165) is 6.07 Å². The Kier molecular flexibility index (Phi) is 3.30. The van der Waals surface area contributed by atoms with Crippen LogP contribution in [0.25, 0.3) is 0 Å². The van der Waals surface area contributed by atoms with Crippen LogP contribution in [0.4, 0.5) is 13.2 Å². The lowest BCUT2D eigenvalue weighted by molar-refractivity contribution is -0.153. The second-order valence-electron chi connectivity index (χ2n) is 3.73. The summed E-state index contributed by atoms with van der Waals surface area (Å²) in [5, 5.41) is 2.39. The van der Waals surface area contributed by atoms with E-state index in [1.165, 1.54) is 6.92 Å². The molecule has 16 heavy (non-hydrogen) atoms. The summed E-state index contributed by atoms with van der Waals surface area (Å²) in [6.07, 6.45) is -4.65. The molecule has 0 atom stereocenters. The van der Waals surface area contributed by atoms with Crippen LogP contribution < -0.4 is 5.32 Å². The molecule has 0 aliphatic rings. The molecule has 3 nitrogen and oxygen atoms in total. The van der Waals surface area contributed by atoms with Gasteiger partial charge in [-0.3, -0.25) is 4.79 Å². The van der Waals surface area contributed by atoms with E-state index in [4.69, 9.17) is 0 Å². The molecule has 0 saturated heterocycles. The third-order valence-electron chi connectivity index (χ3n) is 1.78. The lowest BCUT2D eigenvalue weighted by atomic mass is 10.2. The predicted molar refractivity (Wildman–Crippen MR) is 51.0 cm³/mol. The van der Waals surface area contributed by atoms with Gasteiger partial charge in [-0.1, -0.05) is 0 Å². The van der Waals surface area contributed by atoms with Gasteiger partial charge in [-0.2, -0.15) is 13.2 Å². The monoisotopic (exact) mass is 235 g/mol. The third kappa shape index (κ3) is 2.77. The van der Waals surface area contributed by atoms with E-state index >= 15 is 0 Å². The van der Waals surface area contributed by atoms with Crippen molar-refractivity contribution in [1.29, 1.82) is 0 Å². The molecule has 1 aromatic heterocycles. The van der Waals surface area contributed by atoms with Crippen molar-refractivity contribution in [2.45, 2.75) is 33.0 Å². The van der Waals surface area contributed by atoms with Crippen molar-refractivity contribution in [2.75, 3.05) is 0 Å². The van der Waals surface area contributed by atoms with Crippen LogP contribution in [0.3, 0.4) is 0 Å². The topological polar surface area (TPSA) is 42.2 Å². The Labute approximate surface area is 90.6 Å². The van der Waals surface area contributed by atoms with Crippen LogP contribution in [-0.2, 0) is 6.18 Å². The molecule has 0 unspecified atom stereocenters. The van der Waals surface area contributed by atoms with E-state index < -0.39 is 23.4 Å². The maximum atomic E-state index is 12.5. The fraction of sp³-hybridized carbons (Fsp3) is 0.500. The zero-order valence-electron chi connectivity index (χ0n) is 9.11. The molecule has 0 aromatic carbocycles. The largest absolute Gasteiger partial charge is 0.456 e. The van der Waals surface area contributed by atoms with E-state index in [2.05, 4.69) is 9.73 Å². The number of hydrogen-bond acceptors (Lipinski definition) is 2. The first-order valence-corrected chi connectivity index (χ1v) is 4.70. The zero-order chi connectivity index (χ0) is 12.5. The van der Waals surface area contributed by atoms with Gasteiger partial charge in [0.25, 0.3) is 5.91 Å². The quantitative estimate of drug-likeness (QED) is 0.856. The molecule has 90 valence electrons. The van der Waals surface area contributed by atoms with Crippen LogP contribution in [0.2, 0.25) is 0 Å². The molecule has 1 heterocycles. The van der Waals surface area contributed by atoms with Crippen LogP contribution in [0.1, 0.15) is 35.7 Å². The number of nitrogens with one attached hydrogen (secondary N) is 1. The van der Waals surface area contributed by atoms with Crippen molar-refractivity contribution in [1.82, 2.24) is 5.32 Å². The van der Waals surface area contributed by atoms with Gasteiger partial charge in [-0.15, -0.1) is 0 Å². The number of aryl methyl sites for hydroxylation is 1. The third-order valence-corrected chi connectivity index (χ3v) is 1.78. The highest BCUT2D eigenvalue weighted by atomic mass is 19.4. The fourth-order valence-corrected chi connectivity index (χ4v) is 1.23. The first-order valence-electron chi connectivity index (χ1n) is 4.70. The van der Waals surface area contributed by atoms with Crippen molar-refractivity contribution in [2.24, 2.45) is 0 Å². The van der Waals surface area contributed by atoms with Gasteiger partial charge in [0.1, 0.15) is 5.76 Å². The van der Waals surface area contributed by atoms with Gasteiger partial charge >= 0.3 is 6.18 Å². The summed E-state index contributed by atoms with van der Waals surface area (Å²) in [4.78, 5) is 11.5. The predicted octanol–water partition coefficient (Wildman–Crippen LogP) is 2.75. The Morgan fingerprint density at radius 2 is 2.00 bits per heavy atom. The second kappa shape index (κ2) is 4.19. The summed E-state index contributed by atoms with van der Waals surface area (Å²) in [6, 6.07) is 0.851. The molecule has 0 bridgehead atoms. The molecule has 0 radical (unpaired) electrons. The summed E-state index contributed by atoms with van der Waals surface area (Å²) in [7, 11) is 0. The molecular formula is C10H12F3NO2. The van der Waals surface area contributed by atoms with Gasteiger partial charge in [0.2, 0.25) is 5.76 Å². The van der Waals surface area contributed by atoms with Crippen LogP contribution in [-0.4, -0.2) is 11.9 Å². The molecule has 1 N–H and O–H groups in total. The van der Waals surface area contributed by atoms with Crippen LogP contribution in [0, 0.1) is 6.92 Å². The molecule has 0 fully saturated rings. The minimum Gasteiger partial charge on any atom is -0.456 e. The molecule has 6 heteroatoms. The standard InChI is InChI=1S/C10H12F3NO2/c1-5(2)14-9(15)7-4-6(3)16-8(7)10(11,12)13/h4-5H,1-3H3,(H,14,15). The van der Waals surface area contributed by atoms with E-state index in [0.29, 0.717) is 0 Å². The van der Waals surface area contributed by atoms with Crippen molar-refractivity contribution in [3.63, 3.8) is 0 Å². The number of alkyl halides is 3. The van der Waals surface area contributed by atoms with E-state index in [1.807, 2.05) is 0 Å². The Balaban J connectivity index is 3.09. The molecular weight excluding hydrogens is 223 g/mol. The van der Waals surface area contributed by atoms with Crippen LogP contribution in [0.5, 0.6) is 0 Å². The van der Waals surface area contributed by atoms with Crippen molar-refractivity contribution in [3.05, 3.63) is 23.2 Å². The van der Waals surface area contributed by atoms with Gasteiger partial charge in [0.05, 0.1) is 5.56 Å². The van der Waals surface area contributed by atoms with Gasteiger partial charge < -0.3 is 9.73 Å². The zero-order valence-corrected chi connectivity index (χ0v) is 9.11. The molecule has 1 aromatic rings. The number of rotatable bonds is 2. The number of carbonyl (C=O) groups excluding carboxylic acids is 1. The van der Waals surface area contributed by atoms with Gasteiger partial charge in [-0.25, -0.2) is 0 Å². The number of amides is 1. The Morgan fingerprint density at radius 1 is 1.44 bits per heavy atom. The Hall–Kier alpha value is -1.46. The minimum absolute atomic E-state index is 0.0567. The summed E-state index contributed by atoms with van der Waals surface area (Å²) in [5.41, 5.74) is -0.473. The summed E-state index contributed by atoms with van der Waals surface area (Å²) in [5.74, 6) is -1.97. The van der Waals surface area contributed by atoms with Crippen LogP contribution >= 0.6 is 0 Å². The lowest BCUT2D eigenvalue weighted by Crippen LogP contribution is -2.31. The van der Waals surface area contributed by atoms with Crippen molar-refractivity contribution in [3.8, 4) is 0 Å².